The van der Waals surface area contributed by atoms with Gasteiger partial charge in [0.2, 0.25) is 5.82 Å². The van der Waals surface area contributed by atoms with Gasteiger partial charge in [0.15, 0.2) is 0 Å². The van der Waals surface area contributed by atoms with Crippen LogP contribution in [-0.4, -0.2) is 15.1 Å². The van der Waals surface area contributed by atoms with Gasteiger partial charge in [-0.15, -0.1) is 11.3 Å². The van der Waals surface area contributed by atoms with Crippen molar-refractivity contribution in [3.8, 4) is 34.1 Å². The van der Waals surface area contributed by atoms with Gasteiger partial charge < -0.3 is 8.94 Å². The summed E-state index contributed by atoms with van der Waals surface area (Å²) in [7, 11) is 0. The second-order valence-corrected chi connectivity index (χ2v) is 7.30. The molecule has 5 rings (SSSR count). The van der Waals surface area contributed by atoms with E-state index in [1.165, 1.54) is 0 Å². The van der Waals surface area contributed by atoms with Gasteiger partial charge in [0.25, 0.3) is 5.89 Å². The van der Waals surface area contributed by atoms with Gasteiger partial charge in [0, 0.05) is 21.9 Å². The van der Waals surface area contributed by atoms with E-state index < -0.39 is 5.63 Å². The van der Waals surface area contributed by atoms with Crippen molar-refractivity contribution in [2.75, 3.05) is 0 Å². The molecule has 3 aromatic heterocycles. The summed E-state index contributed by atoms with van der Waals surface area (Å²) >= 11 is 1.61. The van der Waals surface area contributed by atoms with E-state index in [1.807, 2.05) is 54.8 Å². The van der Waals surface area contributed by atoms with Crippen LogP contribution >= 0.6 is 11.3 Å². The van der Waals surface area contributed by atoms with Crippen molar-refractivity contribution in [3.05, 3.63) is 75.4 Å². The van der Waals surface area contributed by atoms with Crippen LogP contribution in [0, 0.1) is 6.92 Å². The summed E-state index contributed by atoms with van der Waals surface area (Å²) < 4.78 is 10.7. The minimum absolute atomic E-state index is 0.133. The molecule has 0 saturated carbocycles. The zero-order chi connectivity index (χ0) is 19.1. The van der Waals surface area contributed by atoms with Crippen LogP contribution in [0.2, 0.25) is 0 Å². The number of hydrogen-bond donors (Lipinski definition) is 0. The Labute approximate surface area is 163 Å². The fourth-order valence-electron chi connectivity index (χ4n) is 2.95. The van der Waals surface area contributed by atoms with E-state index in [2.05, 4.69) is 15.1 Å². The van der Waals surface area contributed by atoms with Crippen molar-refractivity contribution in [1.29, 1.82) is 0 Å². The molecule has 0 spiro atoms. The molecule has 7 heteroatoms. The molecule has 0 amide bonds. The van der Waals surface area contributed by atoms with Crippen LogP contribution in [0.25, 0.3) is 45.1 Å². The molecular weight excluding hydrogens is 374 g/mol. The standard InChI is InChI=1S/C21H13N3O3S/c1-12-22-17(11-28-12)13-6-8-14(9-7-13)19-23-20(27-24-19)16-10-15-4-2-3-5-18(15)26-21(16)25/h2-11H,1H3. The molecule has 0 bridgehead atoms. The Morgan fingerprint density at radius 2 is 1.75 bits per heavy atom. The number of fused-ring (bicyclic) bond motifs is 1. The number of rotatable bonds is 3. The highest BCUT2D eigenvalue weighted by Gasteiger charge is 2.16. The van der Waals surface area contributed by atoms with E-state index in [0.717, 1.165) is 27.2 Å². The first-order valence-electron chi connectivity index (χ1n) is 8.57. The number of thiazole rings is 1. The van der Waals surface area contributed by atoms with Crippen molar-refractivity contribution in [2.45, 2.75) is 6.92 Å². The minimum atomic E-state index is -0.511. The third kappa shape index (κ3) is 2.91. The second kappa shape index (κ2) is 6.54. The van der Waals surface area contributed by atoms with E-state index in [4.69, 9.17) is 8.94 Å². The number of benzene rings is 2. The van der Waals surface area contributed by atoms with Gasteiger partial charge in [-0.3, -0.25) is 0 Å². The fourth-order valence-corrected chi connectivity index (χ4v) is 3.57. The average Bonchev–Trinajstić information content (AvgIpc) is 3.37. The summed E-state index contributed by atoms with van der Waals surface area (Å²) in [6, 6.07) is 16.7. The first-order valence-corrected chi connectivity index (χ1v) is 9.45. The maximum Gasteiger partial charge on any atom is 0.349 e. The van der Waals surface area contributed by atoms with E-state index in [0.29, 0.717) is 11.4 Å². The summed E-state index contributed by atoms with van der Waals surface area (Å²) in [6.07, 6.45) is 0. The summed E-state index contributed by atoms with van der Waals surface area (Å²) in [6.45, 7) is 1.98. The van der Waals surface area contributed by atoms with Crippen molar-refractivity contribution < 1.29 is 8.94 Å². The third-order valence-corrected chi connectivity index (χ3v) is 5.13. The maximum atomic E-state index is 12.3. The summed E-state index contributed by atoms with van der Waals surface area (Å²) in [5.41, 5.74) is 3.00. The Balaban J connectivity index is 1.49. The lowest BCUT2D eigenvalue weighted by Crippen LogP contribution is -2.02. The largest absolute Gasteiger partial charge is 0.422 e. The van der Waals surface area contributed by atoms with Crippen LogP contribution in [0.3, 0.4) is 0 Å². The van der Waals surface area contributed by atoms with E-state index in [1.54, 1.807) is 23.5 Å². The van der Waals surface area contributed by atoms with Gasteiger partial charge in [-0.1, -0.05) is 47.6 Å². The topological polar surface area (TPSA) is 82.0 Å². The van der Waals surface area contributed by atoms with Crippen LogP contribution in [0.1, 0.15) is 5.01 Å². The van der Waals surface area contributed by atoms with E-state index >= 15 is 0 Å². The molecular formula is C21H13N3O3S. The lowest BCUT2D eigenvalue weighted by Gasteiger charge is -1.98. The van der Waals surface area contributed by atoms with Gasteiger partial charge in [0.1, 0.15) is 11.1 Å². The molecule has 0 fully saturated rings. The van der Waals surface area contributed by atoms with Crippen molar-refractivity contribution in [1.82, 2.24) is 15.1 Å². The highest BCUT2D eigenvalue weighted by Crippen LogP contribution is 2.26. The zero-order valence-corrected chi connectivity index (χ0v) is 15.6. The lowest BCUT2D eigenvalue weighted by atomic mass is 10.1. The second-order valence-electron chi connectivity index (χ2n) is 6.24. The quantitative estimate of drug-likeness (QED) is 0.408. The third-order valence-electron chi connectivity index (χ3n) is 4.36. The minimum Gasteiger partial charge on any atom is -0.422 e. The Morgan fingerprint density at radius 3 is 2.54 bits per heavy atom. The predicted octanol–water partition coefficient (Wildman–Crippen LogP) is 4.94. The van der Waals surface area contributed by atoms with Crippen molar-refractivity contribution in [3.63, 3.8) is 0 Å². The van der Waals surface area contributed by atoms with E-state index in [9.17, 15) is 4.79 Å². The SMILES string of the molecule is Cc1nc(-c2ccc(-c3noc(-c4cc5ccccc5oc4=O)n3)cc2)cs1. The fraction of sp³-hybridized carbons (Fsp3) is 0.0476. The molecule has 0 unspecified atom stereocenters. The summed E-state index contributed by atoms with van der Waals surface area (Å²) in [5, 5.41) is 7.85. The summed E-state index contributed by atoms with van der Waals surface area (Å²) in [5.74, 6) is 0.539. The first kappa shape index (κ1) is 16.6. The molecule has 2 aromatic carbocycles. The molecule has 0 radical (unpaired) electrons. The average molecular weight is 387 g/mol. The number of aryl methyl sites for hydroxylation is 1. The molecule has 3 heterocycles. The first-order chi connectivity index (χ1) is 13.7. The van der Waals surface area contributed by atoms with Crippen LogP contribution in [0.15, 0.2) is 73.7 Å². The molecule has 136 valence electrons. The monoisotopic (exact) mass is 387 g/mol. The highest BCUT2D eigenvalue weighted by atomic mass is 32.1. The number of aromatic nitrogens is 3. The predicted molar refractivity (Wildman–Crippen MR) is 107 cm³/mol. The van der Waals surface area contributed by atoms with Gasteiger partial charge in [0.05, 0.1) is 10.7 Å². The van der Waals surface area contributed by atoms with Crippen LogP contribution in [0.4, 0.5) is 0 Å². The Bertz CT molecular complexity index is 1350. The van der Waals surface area contributed by atoms with Gasteiger partial charge in [-0.05, 0) is 19.1 Å². The molecule has 0 atom stereocenters. The maximum absolute atomic E-state index is 12.3. The Morgan fingerprint density at radius 1 is 0.964 bits per heavy atom. The van der Waals surface area contributed by atoms with Gasteiger partial charge in [-0.25, -0.2) is 9.78 Å². The van der Waals surface area contributed by atoms with Crippen LogP contribution in [0.5, 0.6) is 0 Å². The van der Waals surface area contributed by atoms with Crippen molar-refractivity contribution >= 4 is 22.3 Å². The van der Waals surface area contributed by atoms with Crippen molar-refractivity contribution in [2.24, 2.45) is 0 Å². The molecule has 0 saturated heterocycles. The number of para-hydroxylation sites is 1. The smallest absolute Gasteiger partial charge is 0.349 e. The zero-order valence-electron chi connectivity index (χ0n) is 14.7. The molecule has 28 heavy (non-hydrogen) atoms. The Hall–Kier alpha value is -3.58. The van der Waals surface area contributed by atoms with Crippen LogP contribution in [-0.2, 0) is 0 Å². The molecule has 5 aromatic rings. The summed E-state index contributed by atoms with van der Waals surface area (Å²) in [4.78, 5) is 21.1. The molecule has 0 aliphatic rings. The lowest BCUT2D eigenvalue weighted by molar-refractivity contribution is 0.429. The van der Waals surface area contributed by atoms with Crippen LogP contribution < -0.4 is 5.63 Å². The highest BCUT2D eigenvalue weighted by molar-refractivity contribution is 7.09. The van der Waals surface area contributed by atoms with Gasteiger partial charge >= 0.3 is 5.63 Å². The number of nitrogens with zero attached hydrogens (tertiary/aromatic N) is 3. The van der Waals surface area contributed by atoms with Gasteiger partial charge in [-0.2, -0.15) is 4.98 Å². The normalized spacial score (nSPS) is 11.2. The molecule has 0 N–H and O–H groups in total. The molecule has 6 nitrogen and oxygen atoms in total. The Kier molecular flexibility index (Phi) is 3.87. The molecule has 0 aliphatic heterocycles. The van der Waals surface area contributed by atoms with E-state index in [-0.39, 0.29) is 11.5 Å². The number of hydrogen-bond acceptors (Lipinski definition) is 7. The molecule has 0 aliphatic carbocycles.